The van der Waals surface area contributed by atoms with Crippen LogP contribution in [0.15, 0.2) is 24.4 Å². The monoisotopic (exact) mass is 283 g/mol. The summed E-state index contributed by atoms with van der Waals surface area (Å²) in [6.07, 6.45) is 1.76. The van der Waals surface area contributed by atoms with Gasteiger partial charge < -0.3 is 10.4 Å². The Balaban J connectivity index is 1.85. The van der Waals surface area contributed by atoms with Crippen LogP contribution in [0.4, 0.5) is 5.69 Å². The minimum Gasteiger partial charge on any atom is -0.506 e. The third-order valence-electron chi connectivity index (χ3n) is 3.41. The molecule has 3 aromatic rings. The third-order valence-corrected chi connectivity index (χ3v) is 3.41. The maximum atomic E-state index is 9.80. The first kappa shape index (κ1) is 13.4. The van der Waals surface area contributed by atoms with Gasteiger partial charge in [-0.05, 0) is 32.0 Å². The van der Waals surface area contributed by atoms with Crippen molar-refractivity contribution < 1.29 is 5.11 Å². The highest BCUT2D eigenvalue weighted by atomic mass is 16.3. The smallest absolute Gasteiger partial charge is 0.157 e. The minimum absolute atomic E-state index is 0.194. The number of rotatable bonds is 3. The van der Waals surface area contributed by atoms with Gasteiger partial charge in [0.15, 0.2) is 5.65 Å². The van der Waals surface area contributed by atoms with Crippen molar-refractivity contribution in [2.24, 2.45) is 7.05 Å². The van der Waals surface area contributed by atoms with E-state index in [9.17, 15) is 5.11 Å². The first-order chi connectivity index (χ1) is 10.0. The number of aromatic hydroxyl groups is 1. The lowest BCUT2D eigenvalue weighted by atomic mass is 10.2. The molecule has 2 N–H and O–H groups in total. The lowest BCUT2D eigenvalue weighted by molar-refractivity contribution is 0.464. The van der Waals surface area contributed by atoms with Crippen molar-refractivity contribution >= 4 is 16.7 Å². The first-order valence-corrected chi connectivity index (χ1v) is 6.73. The van der Waals surface area contributed by atoms with Crippen LogP contribution in [0.1, 0.15) is 17.1 Å². The Morgan fingerprint density at radius 3 is 2.90 bits per heavy atom. The van der Waals surface area contributed by atoms with E-state index < -0.39 is 0 Å². The Morgan fingerprint density at radius 1 is 1.29 bits per heavy atom. The van der Waals surface area contributed by atoms with E-state index in [0.717, 1.165) is 28.1 Å². The van der Waals surface area contributed by atoms with Gasteiger partial charge in [-0.3, -0.25) is 9.67 Å². The molecule has 108 valence electrons. The quantitative estimate of drug-likeness (QED) is 0.771. The van der Waals surface area contributed by atoms with Crippen LogP contribution in [0.5, 0.6) is 5.75 Å². The number of aromatic nitrogens is 4. The van der Waals surface area contributed by atoms with Gasteiger partial charge in [0.05, 0.1) is 24.1 Å². The number of nitrogens with one attached hydrogen (secondary N) is 1. The van der Waals surface area contributed by atoms with E-state index in [1.165, 1.54) is 0 Å². The average molecular weight is 283 g/mol. The number of fused-ring (bicyclic) bond motifs is 1. The summed E-state index contributed by atoms with van der Waals surface area (Å²) in [6, 6.07) is 5.45. The lowest BCUT2D eigenvalue weighted by Gasteiger charge is -2.08. The fourth-order valence-electron chi connectivity index (χ4n) is 2.32. The molecule has 0 fully saturated rings. The zero-order valence-corrected chi connectivity index (χ0v) is 12.3. The summed E-state index contributed by atoms with van der Waals surface area (Å²) in [4.78, 5) is 8.73. The van der Waals surface area contributed by atoms with Gasteiger partial charge in [0.25, 0.3) is 0 Å². The van der Waals surface area contributed by atoms with Gasteiger partial charge >= 0.3 is 0 Å². The molecule has 3 aromatic heterocycles. The third kappa shape index (κ3) is 2.52. The Hall–Kier alpha value is -2.63. The molecule has 0 amide bonds. The molecule has 0 radical (unpaired) electrons. The van der Waals surface area contributed by atoms with E-state index in [2.05, 4.69) is 20.4 Å². The van der Waals surface area contributed by atoms with Crippen molar-refractivity contribution in [3.8, 4) is 5.75 Å². The number of anilines is 1. The minimum atomic E-state index is 0.194. The molecule has 0 aliphatic heterocycles. The topological polar surface area (TPSA) is 75.9 Å². The van der Waals surface area contributed by atoms with Gasteiger partial charge in [-0.1, -0.05) is 0 Å². The van der Waals surface area contributed by atoms with E-state index in [4.69, 9.17) is 0 Å². The normalized spacial score (nSPS) is 11.0. The highest BCUT2D eigenvalue weighted by Gasteiger charge is 2.08. The van der Waals surface area contributed by atoms with E-state index in [1.54, 1.807) is 23.0 Å². The first-order valence-electron chi connectivity index (χ1n) is 6.73. The van der Waals surface area contributed by atoms with Gasteiger partial charge in [0.1, 0.15) is 11.4 Å². The second-order valence-electron chi connectivity index (χ2n) is 5.08. The molecule has 3 heterocycles. The standard InChI is InChI=1S/C15H17N5O/c1-9-4-5-14(21)13(18-9)8-16-11-6-12-10(2)19-20(3)15(12)17-7-11/h4-7,16,21H,8H2,1-3H3. The largest absolute Gasteiger partial charge is 0.506 e. The highest BCUT2D eigenvalue weighted by Crippen LogP contribution is 2.21. The SMILES string of the molecule is Cc1ccc(O)c(CNc2cnc3c(c2)c(C)nn3C)n1. The average Bonchev–Trinajstić information content (AvgIpc) is 2.75. The van der Waals surface area contributed by atoms with Crippen LogP contribution in [0.2, 0.25) is 0 Å². The predicted molar refractivity (Wildman–Crippen MR) is 81.2 cm³/mol. The maximum Gasteiger partial charge on any atom is 0.157 e. The molecule has 0 aliphatic carbocycles. The number of pyridine rings is 2. The number of hydrogen-bond acceptors (Lipinski definition) is 5. The second-order valence-corrected chi connectivity index (χ2v) is 5.08. The molecule has 6 heteroatoms. The van der Waals surface area contributed by atoms with Gasteiger partial charge in [-0.15, -0.1) is 0 Å². The van der Waals surface area contributed by atoms with E-state index in [-0.39, 0.29) is 5.75 Å². The molecule has 6 nitrogen and oxygen atoms in total. The molecule has 0 spiro atoms. The molecular weight excluding hydrogens is 266 g/mol. The Bertz CT molecular complexity index is 809. The van der Waals surface area contributed by atoms with Crippen molar-refractivity contribution in [2.45, 2.75) is 20.4 Å². The molecular formula is C15H17N5O. The van der Waals surface area contributed by atoms with Crippen LogP contribution < -0.4 is 5.32 Å². The fraction of sp³-hybridized carbons (Fsp3) is 0.267. The molecule has 3 rings (SSSR count). The fourth-order valence-corrected chi connectivity index (χ4v) is 2.32. The van der Waals surface area contributed by atoms with Crippen molar-refractivity contribution in [1.82, 2.24) is 19.7 Å². The summed E-state index contributed by atoms with van der Waals surface area (Å²) in [5.41, 5.74) is 4.18. The van der Waals surface area contributed by atoms with Gasteiger partial charge in [0, 0.05) is 18.1 Å². The van der Waals surface area contributed by atoms with Crippen molar-refractivity contribution in [2.75, 3.05) is 5.32 Å². The van der Waals surface area contributed by atoms with Crippen LogP contribution in [-0.4, -0.2) is 24.9 Å². The molecule has 0 atom stereocenters. The number of nitrogens with zero attached hydrogens (tertiary/aromatic N) is 4. The maximum absolute atomic E-state index is 9.80. The molecule has 0 saturated carbocycles. The van der Waals surface area contributed by atoms with Crippen LogP contribution in [0.25, 0.3) is 11.0 Å². The predicted octanol–water partition coefficient (Wildman–Crippen LogP) is 2.30. The van der Waals surface area contributed by atoms with Gasteiger partial charge in [-0.2, -0.15) is 5.10 Å². The molecule has 0 aromatic carbocycles. The van der Waals surface area contributed by atoms with Crippen LogP contribution in [0.3, 0.4) is 0 Å². The number of aryl methyl sites for hydroxylation is 3. The summed E-state index contributed by atoms with van der Waals surface area (Å²) < 4.78 is 1.77. The van der Waals surface area contributed by atoms with Crippen LogP contribution in [0, 0.1) is 13.8 Å². The number of hydrogen-bond donors (Lipinski definition) is 2. The van der Waals surface area contributed by atoms with Crippen molar-refractivity contribution in [1.29, 1.82) is 0 Å². The Morgan fingerprint density at radius 2 is 2.10 bits per heavy atom. The zero-order valence-electron chi connectivity index (χ0n) is 12.3. The van der Waals surface area contributed by atoms with Crippen LogP contribution in [-0.2, 0) is 13.6 Å². The van der Waals surface area contributed by atoms with E-state index in [1.807, 2.05) is 27.0 Å². The summed E-state index contributed by atoms with van der Waals surface area (Å²) in [5.74, 6) is 0.194. The van der Waals surface area contributed by atoms with Gasteiger partial charge in [-0.25, -0.2) is 4.98 Å². The summed E-state index contributed by atoms with van der Waals surface area (Å²) >= 11 is 0. The zero-order chi connectivity index (χ0) is 15.0. The summed E-state index contributed by atoms with van der Waals surface area (Å²) in [6.45, 7) is 4.30. The Kier molecular flexibility index (Phi) is 3.21. The molecule has 0 bridgehead atoms. The molecule has 0 unspecified atom stereocenters. The molecule has 21 heavy (non-hydrogen) atoms. The highest BCUT2D eigenvalue weighted by molar-refractivity contribution is 5.81. The Labute approximate surface area is 122 Å². The van der Waals surface area contributed by atoms with E-state index >= 15 is 0 Å². The summed E-state index contributed by atoms with van der Waals surface area (Å²) in [7, 11) is 1.88. The molecule has 0 saturated heterocycles. The van der Waals surface area contributed by atoms with Crippen LogP contribution >= 0.6 is 0 Å². The lowest BCUT2D eigenvalue weighted by Crippen LogP contribution is -2.03. The van der Waals surface area contributed by atoms with Crippen molar-refractivity contribution in [3.63, 3.8) is 0 Å². The molecule has 0 aliphatic rings. The van der Waals surface area contributed by atoms with Crippen molar-refractivity contribution in [3.05, 3.63) is 41.5 Å². The second kappa shape index (κ2) is 5.05. The van der Waals surface area contributed by atoms with E-state index in [0.29, 0.717) is 12.2 Å². The summed E-state index contributed by atoms with van der Waals surface area (Å²) in [5, 5.41) is 18.4. The van der Waals surface area contributed by atoms with Gasteiger partial charge in [0.2, 0.25) is 0 Å².